The third kappa shape index (κ3) is 1.22. The Morgan fingerprint density at radius 3 is 3.20 bits per heavy atom. The minimum atomic E-state index is 0.657. The fraction of sp³-hybridized carbons (Fsp3) is 0. The van der Waals surface area contributed by atoms with E-state index >= 15 is 0 Å². The number of thiazole rings is 1. The van der Waals surface area contributed by atoms with Crippen molar-refractivity contribution < 1.29 is 0 Å². The molecule has 0 saturated carbocycles. The Bertz CT molecular complexity index is 241. The largest absolute Gasteiger partial charge is 0.352 e. The van der Waals surface area contributed by atoms with E-state index in [-0.39, 0.29) is 0 Å². The lowest BCUT2D eigenvalue weighted by molar-refractivity contribution is 1.37. The highest BCUT2D eigenvalue weighted by atomic mass is 32.1. The predicted octanol–water partition coefficient (Wildman–Crippen LogP) is 1.70. The Labute approximate surface area is 62.9 Å². The molecule has 1 aromatic heterocycles. The zero-order chi connectivity index (χ0) is 7.40. The van der Waals surface area contributed by atoms with E-state index in [1.807, 2.05) is 0 Å². The molecule has 0 aliphatic heterocycles. The summed E-state index contributed by atoms with van der Waals surface area (Å²) in [4.78, 5) is 3.92. The number of hydrogen-bond acceptors (Lipinski definition) is 4. The zero-order valence-electron chi connectivity index (χ0n) is 5.29. The van der Waals surface area contributed by atoms with Gasteiger partial charge in [-0.3, -0.25) is 0 Å². The van der Waals surface area contributed by atoms with Gasteiger partial charge in [0.25, 0.3) is 0 Å². The second kappa shape index (κ2) is 3.12. The number of rotatable bonds is 3. The maximum absolute atomic E-state index is 6.92. The molecular weight excluding hydrogens is 146 g/mol. The van der Waals surface area contributed by atoms with Gasteiger partial charge in [-0.15, -0.1) is 11.3 Å². The number of nitrogens with zero attached hydrogens (tertiary/aromatic N) is 1. The normalized spacial score (nSPS) is 8.80. The van der Waals surface area contributed by atoms with E-state index in [9.17, 15) is 0 Å². The monoisotopic (exact) mass is 153 g/mol. The van der Waals surface area contributed by atoms with Crippen LogP contribution in [-0.2, 0) is 0 Å². The standard InChI is InChI=1S/C6H7N3S/c1-2-8-6-5(3-7)9-4-10-6/h2-4,7-8H,1H2. The second-order valence-electron chi connectivity index (χ2n) is 1.56. The first-order chi connectivity index (χ1) is 4.88. The van der Waals surface area contributed by atoms with Crippen LogP contribution >= 0.6 is 11.3 Å². The molecule has 0 unspecified atom stereocenters. The van der Waals surface area contributed by atoms with Gasteiger partial charge in [-0.05, 0) is 6.20 Å². The van der Waals surface area contributed by atoms with Gasteiger partial charge < -0.3 is 10.7 Å². The van der Waals surface area contributed by atoms with Crippen LogP contribution in [0, 0.1) is 5.41 Å². The molecule has 3 nitrogen and oxygen atoms in total. The smallest absolute Gasteiger partial charge is 0.121 e. The molecule has 0 fully saturated rings. The summed E-state index contributed by atoms with van der Waals surface area (Å²) in [6.07, 6.45) is 2.78. The average Bonchev–Trinajstić information content (AvgIpc) is 2.36. The molecule has 0 atom stereocenters. The lowest BCUT2D eigenvalue weighted by atomic mass is 10.5. The molecule has 0 radical (unpaired) electrons. The van der Waals surface area contributed by atoms with Gasteiger partial charge in [0.15, 0.2) is 0 Å². The van der Waals surface area contributed by atoms with Crippen molar-refractivity contribution in [1.82, 2.24) is 4.98 Å². The predicted molar refractivity (Wildman–Crippen MR) is 43.8 cm³/mol. The van der Waals surface area contributed by atoms with E-state index in [1.54, 1.807) is 11.7 Å². The van der Waals surface area contributed by atoms with E-state index in [4.69, 9.17) is 5.41 Å². The van der Waals surface area contributed by atoms with Crippen molar-refractivity contribution in [3.63, 3.8) is 0 Å². The average molecular weight is 153 g/mol. The first-order valence-corrected chi connectivity index (χ1v) is 3.58. The summed E-state index contributed by atoms with van der Waals surface area (Å²) in [6.45, 7) is 3.50. The lowest BCUT2D eigenvalue weighted by Gasteiger charge is -1.92. The van der Waals surface area contributed by atoms with Crippen LogP contribution in [0.15, 0.2) is 18.3 Å². The van der Waals surface area contributed by atoms with Crippen LogP contribution in [0.4, 0.5) is 5.00 Å². The Morgan fingerprint density at radius 2 is 2.60 bits per heavy atom. The summed E-state index contributed by atoms with van der Waals surface area (Å²) in [7, 11) is 0. The van der Waals surface area contributed by atoms with Crippen molar-refractivity contribution >= 4 is 22.6 Å². The fourth-order valence-electron chi connectivity index (χ4n) is 0.558. The lowest BCUT2D eigenvalue weighted by Crippen LogP contribution is -1.88. The van der Waals surface area contributed by atoms with Crippen LogP contribution in [0.5, 0.6) is 0 Å². The van der Waals surface area contributed by atoms with Gasteiger partial charge in [0.05, 0.1) is 5.51 Å². The van der Waals surface area contributed by atoms with Crippen molar-refractivity contribution in [3.8, 4) is 0 Å². The van der Waals surface area contributed by atoms with Crippen molar-refractivity contribution in [2.24, 2.45) is 0 Å². The Hall–Kier alpha value is -1.16. The maximum Gasteiger partial charge on any atom is 0.121 e. The molecule has 0 aliphatic carbocycles. The molecule has 0 saturated heterocycles. The summed E-state index contributed by atoms with van der Waals surface area (Å²) in [6, 6.07) is 0. The molecule has 0 amide bonds. The molecule has 1 heterocycles. The molecule has 1 aromatic rings. The first-order valence-electron chi connectivity index (χ1n) is 2.70. The van der Waals surface area contributed by atoms with E-state index in [2.05, 4.69) is 16.9 Å². The van der Waals surface area contributed by atoms with Gasteiger partial charge in [0, 0.05) is 6.21 Å². The topological polar surface area (TPSA) is 48.8 Å². The summed E-state index contributed by atoms with van der Waals surface area (Å²) in [5.41, 5.74) is 2.34. The zero-order valence-corrected chi connectivity index (χ0v) is 6.11. The maximum atomic E-state index is 6.92. The van der Waals surface area contributed by atoms with Gasteiger partial charge in [0.1, 0.15) is 10.7 Å². The van der Waals surface area contributed by atoms with Crippen molar-refractivity contribution in [1.29, 1.82) is 5.41 Å². The van der Waals surface area contributed by atoms with E-state index < -0.39 is 0 Å². The second-order valence-corrected chi connectivity index (χ2v) is 2.41. The van der Waals surface area contributed by atoms with E-state index in [0.29, 0.717) is 5.69 Å². The first kappa shape index (κ1) is 6.95. The van der Waals surface area contributed by atoms with Gasteiger partial charge in [-0.25, -0.2) is 4.98 Å². The molecular formula is C6H7N3S. The van der Waals surface area contributed by atoms with Crippen LogP contribution in [0.2, 0.25) is 0 Å². The van der Waals surface area contributed by atoms with Crippen LogP contribution in [0.3, 0.4) is 0 Å². The van der Waals surface area contributed by atoms with Crippen LogP contribution in [0.1, 0.15) is 5.69 Å². The summed E-state index contributed by atoms with van der Waals surface area (Å²) < 4.78 is 0. The SMILES string of the molecule is C=CNc1scnc1C=N. The minimum Gasteiger partial charge on any atom is -0.352 e. The van der Waals surface area contributed by atoms with Crippen LogP contribution in [-0.4, -0.2) is 11.2 Å². The fourth-order valence-corrected chi connectivity index (χ4v) is 1.21. The summed E-state index contributed by atoms with van der Waals surface area (Å²) in [5.74, 6) is 0. The number of nitrogens with one attached hydrogen (secondary N) is 2. The molecule has 0 aliphatic rings. The highest BCUT2D eigenvalue weighted by Crippen LogP contribution is 2.17. The molecule has 0 bridgehead atoms. The quantitative estimate of drug-likeness (QED) is 0.649. The van der Waals surface area contributed by atoms with Crippen molar-refractivity contribution in [2.45, 2.75) is 0 Å². The molecule has 1 rings (SSSR count). The highest BCUT2D eigenvalue weighted by molar-refractivity contribution is 7.14. The third-order valence-electron chi connectivity index (χ3n) is 0.965. The summed E-state index contributed by atoms with van der Waals surface area (Å²) in [5, 5.41) is 10.7. The minimum absolute atomic E-state index is 0.657. The molecule has 0 aromatic carbocycles. The Balaban J connectivity index is 2.89. The molecule has 2 N–H and O–H groups in total. The van der Waals surface area contributed by atoms with E-state index in [0.717, 1.165) is 5.00 Å². The highest BCUT2D eigenvalue weighted by Gasteiger charge is 1.98. The number of hydrogen-bond donors (Lipinski definition) is 2. The third-order valence-corrected chi connectivity index (χ3v) is 1.74. The molecule has 0 spiro atoms. The summed E-state index contributed by atoms with van der Waals surface area (Å²) >= 11 is 1.45. The number of aromatic nitrogens is 1. The number of anilines is 1. The Kier molecular flexibility index (Phi) is 2.17. The Morgan fingerprint density at radius 1 is 1.80 bits per heavy atom. The van der Waals surface area contributed by atoms with Gasteiger partial charge in [-0.1, -0.05) is 6.58 Å². The van der Waals surface area contributed by atoms with Crippen LogP contribution < -0.4 is 5.32 Å². The van der Waals surface area contributed by atoms with Crippen molar-refractivity contribution in [3.05, 3.63) is 24.0 Å². The van der Waals surface area contributed by atoms with Gasteiger partial charge in [0.2, 0.25) is 0 Å². The molecule has 10 heavy (non-hydrogen) atoms. The van der Waals surface area contributed by atoms with Crippen molar-refractivity contribution in [2.75, 3.05) is 5.32 Å². The van der Waals surface area contributed by atoms with Crippen LogP contribution in [0.25, 0.3) is 0 Å². The molecule has 4 heteroatoms. The molecule has 52 valence electrons. The van der Waals surface area contributed by atoms with Gasteiger partial charge >= 0.3 is 0 Å². The van der Waals surface area contributed by atoms with E-state index in [1.165, 1.54) is 17.6 Å². The van der Waals surface area contributed by atoms with Gasteiger partial charge in [-0.2, -0.15) is 0 Å².